The van der Waals surface area contributed by atoms with E-state index in [0.29, 0.717) is 23.3 Å². The van der Waals surface area contributed by atoms with E-state index in [2.05, 4.69) is 4.72 Å². The molecule has 0 radical (unpaired) electrons. The monoisotopic (exact) mass is 328 g/mol. The summed E-state index contributed by atoms with van der Waals surface area (Å²) in [6, 6.07) is 3.44. The zero-order chi connectivity index (χ0) is 15.2. The van der Waals surface area contributed by atoms with Gasteiger partial charge in [-0.3, -0.25) is 9.36 Å². The molecule has 9 heteroatoms. The Morgan fingerprint density at radius 3 is 2.81 bits per heavy atom. The standard InChI is InChI=1S/C12H12N2O5S2/c1-14-9-6-7(2-3-10(9)19-12(14)16)21(17,18)13-8-4-5-20-11(8)15/h2-3,6,8,13H,4-5H2,1H3. The van der Waals surface area contributed by atoms with E-state index in [0.717, 1.165) is 11.8 Å². The van der Waals surface area contributed by atoms with Gasteiger partial charge in [-0.05, 0) is 24.6 Å². The third kappa shape index (κ3) is 2.52. The largest absolute Gasteiger partial charge is 0.419 e. The van der Waals surface area contributed by atoms with Gasteiger partial charge in [-0.2, -0.15) is 4.72 Å². The summed E-state index contributed by atoms with van der Waals surface area (Å²) in [7, 11) is -2.32. The molecule has 1 aliphatic rings. The number of nitrogens with zero attached hydrogens (tertiary/aromatic N) is 1. The van der Waals surface area contributed by atoms with Crippen LogP contribution in [-0.2, 0) is 21.9 Å². The fourth-order valence-electron chi connectivity index (χ4n) is 2.13. The molecule has 0 aliphatic carbocycles. The predicted molar refractivity (Wildman–Crippen MR) is 77.6 cm³/mol. The third-order valence-corrected chi connectivity index (χ3v) is 5.78. The fraction of sp³-hybridized carbons (Fsp3) is 0.333. The van der Waals surface area contributed by atoms with Crippen molar-refractivity contribution in [1.29, 1.82) is 0 Å². The summed E-state index contributed by atoms with van der Waals surface area (Å²) in [6.45, 7) is 0. The molecule has 7 nitrogen and oxygen atoms in total. The number of benzene rings is 1. The lowest BCUT2D eigenvalue weighted by Gasteiger charge is -2.11. The van der Waals surface area contributed by atoms with Crippen molar-refractivity contribution in [2.24, 2.45) is 7.05 Å². The van der Waals surface area contributed by atoms with Crippen LogP contribution in [0, 0.1) is 0 Å². The first-order valence-corrected chi connectivity index (χ1v) is 8.64. The van der Waals surface area contributed by atoms with Gasteiger partial charge in [0.05, 0.1) is 16.5 Å². The number of aromatic nitrogens is 1. The second-order valence-electron chi connectivity index (χ2n) is 4.69. The highest BCUT2D eigenvalue weighted by atomic mass is 32.2. The summed E-state index contributed by atoms with van der Waals surface area (Å²) < 4.78 is 33.2. The van der Waals surface area contributed by atoms with Crippen LogP contribution >= 0.6 is 11.8 Å². The Morgan fingerprint density at radius 2 is 2.14 bits per heavy atom. The number of carbonyl (C=O) groups excluding carboxylic acids is 1. The Labute approximate surface area is 124 Å². The number of aryl methyl sites for hydroxylation is 1. The third-order valence-electron chi connectivity index (χ3n) is 3.31. The van der Waals surface area contributed by atoms with Gasteiger partial charge in [0, 0.05) is 12.8 Å². The van der Waals surface area contributed by atoms with Crippen molar-refractivity contribution in [3.63, 3.8) is 0 Å². The minimum atomic E-state index is -3.82. The Hall–Kier alpha value is -1.58. The zero-order valence-electron chi connectivity index (χ0n) is 11.0. The van der Waals surface area contributed by atoms with E-state index in [9.17, 15) is 18.0 Å². The van der Waals surface area contributed by atoms with Crippen LogP contribution in [0.3, 0.4) is 0 Å². The van der Waals surface area contributed by atoms with Crippen LogP contribution in [0.2, 0.25) is 0 Å². The number of fused-ring (bicyclic) bond motifs is 1. The lowest BCUT2D eigenvalue weighted by molar-refractivity contribution is -0.111. The molecule has 1 aromatic carbocycles. The lowest BCUT2D eigenvalue weighted by Crippen LogP contribution is -2.37. The number of hydrogen-bond donors (Lipinski definition) is 1. The van der Waals surface area contributed by atoms with E-state index < -0.39 is 21.8 Å². The smallest absolute Gasteiger partial charge is 0.408 e. The molecule has 21 heavy (non-hydrogen) atoms. The summed E-state index contributed by atoms with van der Waals surface area (Å²) in [5, 5.41) is -0.171. The van der Waals surface area contributed by atoms with Crippen LogP contribution < -0.4 is 10.5 Å². The second-order valence-corrected chi connectivity index (χ2v) is 7.50. The summed E-state index contributed by atoms with van der Waals surface area (Å²) in [5.41, 5.74) is 0.698. The first kappa shape index (κ1) is 14.4. The van der Waals surface area contributed by atoms with E-state index in [1.807, 2.05) is 0 Å². The molecule has 0 saturated carbocycles. The molecule has 0 spiro atoms. The number of thioether (sulfide) groups is 1. The van der Waals surface area contributed by atoms with Gasteiger partial charge in [0.1, 0.15) is 0 Å². The van der Waals surface area contributed by atoms with Gasteiger partial charge in [-0.15, -0.1) is 0 Å². The van der Waals surface area contributed by atoms with Crippen molar-refractivity contribution < 1.29 is 17.6 Å². The maximum absolute atomic E-state index is 12.3. The van der Waals surface area contributed by atoms with E-state index in [1.165, 1.54) is 29.8 Å². The maximum atomic E-state index is 12.3. The van der Waals surface area contributed by atoms with E-state index >= 15 is 0 Å². The van der Waals surface area contributed by atoms with Crippen molar-refractivity contribution in [3.8, 4) is 0 Å². The zero-order valence-corrected chi connectivity index (χ0v) is 12.7. The fourth-order valence-corrected chi connectivity index (χ4v) is 4.39. The average molecular weight is 328 g/mol. The molecule has 3 rings (SSSR count). The van der Waals surface area contributed by atoms with Gasteiger partial charge in [-0.1, -0.05) is 11.8 Å². The molecular weight excluding hydrogens is 316 g/mol. The summed E-state index contributed by atoms with van der Waals surface area (Å²) in [6.07, 6.45) is 0.481. The van der Waals surface area contributed by atoms with E-state index in [-0.39, 0.29) is 10.0 Å². The molecular formula is C12H12N2O5S2. The highest BCUT2D eigenvalue weighted by molar-refractivity contribution is 8.14. The van der Waals surface area contributed by atoms with Gasteiger partial charge in [0.15, 0.2) is 5.58 Å². The van der Waals surface area contributed by atoms with Gasteiger partial charge >= 0.3 is 5.76 Å². The van der Waals surface area contributed by atoms with E-state index in [4.69, 9.17) is 4.42 Å². The van der Waals surface area contributed by atoms with Gasteiger partial charge in [-0.25, -0.2) is 13.2 Å². The molecule has 2 heterocycles. The minimum absolute atomic E-state index is 0.00361. The summed E-state index contributed by atoms with van der Waals surface area (Å²) >= 11 is 1.12. The normalized spacial score (nSPS) is 19.5. The minimum Gasteiger partial charge on any atom is -0.408 e. The summed E-state index contributed by atoms with van der Waals surface area (Å²) in [4.78, 5) is 22.9. The Bertz CT molecular complexity index is 881. The highest BCUT2D eigenvalue weighted by Gasteiger charge is 2.30. The van der Waals surface area contributed by atoms with Gasteiger partial charge in [0.2, 0.25) is 15.1 Å². The van der Waals surface area contributed by atoms with Crippen LogP contribution in [0.5, 0.6) is 0 Å². The molecule has 2 aromatic rings. The second kappa shape index (κ2) is 5.00. The molecule has 1 saturated heterocycles. The van der Waals surface area contributed by atoms with Gasteiger partial charge in [0.25, 0.3) is 0 Å². The molecule has 0 amide bonds. The van der Waals surface area contributed by atoms with Crippen molar-refractivity contribution in [2.45, 2.75) is 17.4 Å². The molecule has 1 unspecified atom stereocenters. The van der Waals surface area contributed by atoms with Crippen LogP contribution in [0.1, 0.15) is 6.42 Å². The number of sulfonamides is 1. The number of rotatable bonds is 3. The maximum Gasteiger partial charge on any atom is 0.419 e. The van der Waals surface area contributed by atoms with Crippen LogP contribution in [-0.4, -0.2) is 29.9 Å². The molecule has 1 N–H and O–H groups in total. The topological polar surface area (TPSA) is 98.4 Å². The highest BCUT2D eigenvalue weighted by Crippen LogP contribution is 2.23. The molecule has 0 bridgehead atoms. The van der Waals surface area contributed by atoms with E-state index in [1.54, 1.807) is 0 Å². The molecule has 1 aliphatic heterocycles. The molecule has 1 aromatic heterocycles. The Kier molecular flexibility index (Phi) is 3.42. The molecule has 1 atom stereocenters. The number of carbonyl (C=O) groups is 1. The Morgan fingerprint density at radius 1 is 1.38 bits per heavy atom. The van der Waals surface area contributed by atoms with Gasteiger partial charge < -0.3 is 4.42 Å². The Balaban J connectivity index is 2.00. The molecule has 1 fully saturated rings. The first-order valence-electron chi connectivity index (χ1n) is 6.17. The van der Waals surface area contributed by atoms with Crippen LogP contribution in [0.25, 0.3) is 11.1 Å². The molecule has 112 valence electrons. The SMILES string of the molecule is Cn1c(=O)oc2ccc(S(=O)(=O)NC3CCSC3=O)cc21. The van der Waals surface area contributed by atoms with Crippen molar-refractivity contribution in [2.75, 3.05) is 5.75 Å². The summed E-state index contributed by atoms with van der Waals surface area (Å²) in [5.74, 6) is 0.0521. The quantitative estimate of drug-likeness (QED) is 0.878. The van der Waals surface area contributed by atoms with Crippen molar-refractivity contribution >= 4 is 38.0 Å². The van der Waals surface area contributed by atoms with Crippen molar-refractivity contribution in [1.82, 2.24) is 9.29 Å². The first-order chi connectivity index (χ1) is 9.88. The lowest BCUT2D eigenvalue weighted by atomic mass is 10.3. The number of nitrogens with one attached hydrogen (secondary N) is 1. The van der Waals surface area contributed by atoms with Crippen LogP contribution in [0.4, 0.5) is 0 Å². The average Bonchev–Trinajstić information content (AvgIpc) is 2.94. The van der Waals surface area contributed by atoms with Crippen molar-refractivity contribution in [3.05, 3.63) is 28.7 Å². The number of oxazole rings is 1. The predicted octanol–water partition coefficient (Wildman–Crippen LogP) is 0.442. The van der Waals surface area contributed by atoms with Crippen LogP contribution in [0.15, 0.2) is 32.3 Å². The number of hydrogen-bond acceptors (Lipinski definition) is 6.